The van der Waals surface area contributed by atoms with Crippen LogP contribution in [0.1, 0.15) is 75.3 Å². The van der Waals surface area contributed by atoms with Gasteiger partial charge in [0.2, 0.25) is 0 Å². The highest BCUT2D eigenvalue weighted by atomic mass is 16.5. The molecule has 0 aromatic heterocycles. The van der Waals surface area contributed by atoms with Crippen LogP contribution in [0.15, 0.2) is 48.5 Å². The summed E-state index contributed by atoms with van der Waals surface area (Å²) in [6.07, 6.45) is 12.1. The van der Waals surface area contributed by atoms with Gasteiger partial charge in [-0.1, -0.05) is 41.8 Å². The highest BCUT2D eigenvalue weighted by Crippen LogP contribution is 2.24. The predicted octanol–water partition coefficient (Wildman–Crippen LogP) is 7.45. The number of aryl methyl sites for hydroxylation is 2. The molecule has 0 radical (unpaired) electrons. The summed E-state index contributed by atoms with van der Waals surface area (Å²) >= 11 is 0. The lowest BCUT2D eigenvalue weighted by Gasteiger charge is -2.28. The zero-order valence-electron chi connectivity index (χ0n) is 21.3. The van der Waals surface area contributed by atoms with Crippen LogP contribution in [0.5, 0.6) is 11.5 Å². The van der Waals surface area contributed by atoms with Crippen LogP contribution in [0.2, 0.25) is 0 Å². The Kier molecular flexibility index (Phi) is 12.3. The van der Waals surface area contributed by atoms with Gasteiger partial charge in [0.15, 0.2) is 0 Å². The first-order valence-electron chi connectivity index (χ1n) is 13.3. The molecule has 0 atom stereocenters. The van der Waals surface area contributed by atoms with Gasteiger partial charge in [0, 0.05) is 13.2 Å². The Morgan fingerprint density at radius 1 is 0.500 bits per heavy atom. The van der Waals surface area contributed by atoms with Crippen LogP contribution >= 0.6 is 0 Å². The molecule has 2 aromatic carbocycles. The number of hydrogen-bond acceptors (Lipinski definition) is 4. The second kappa shape index (κ2) is 15.8. The zero-order chi connectivity index (χ0) is 23.8. The smallest absolute Gasteiger partial charge is 0.119 e. The van der Waals surface area contributed by atoms with E-state index in [1.165, 1.54) is 24.0 Å². The van der Waals surface area contributed by atoms with Crippen LogP contribution < -0.4 is 9.47 Å². The van der Waals surface area contributed by atoms with Crippen molar-refractivity contribution in [2.75, 3.05) is 26.4 Å². The molecule has 1 aliphatic rings. The van der Waals surface area contributed by atoms with Crippen LogP contribution in [0, 0.1) is 13.8 Å². The van der Waals surface area contributed by atoms with Gasteiger partial charge >= 0.3 is 0 Å². The molecule has 0 amide bonds. The number of ether oxygens (including phenoxy) is 4. The van der Waals surface area contributed by atoms with E-state index in [0.717, 1.165) is 89.3 Å². The van der Waals surface area contributed by atoms with Gasteiger partial charge in [-0.25, -0.2) is 0 Å². The summed E-state index contributed by atoms with van der Waals surface area (Å²) < 4.78 is 23.8. The highest BCUT2D eigenvalue weighted by Gasteiger charge is 2.21. The van der Waals surface area contributed by atoms with Crippen molar-refractivity contribution < 1.29 is 18.9 Å². The van der Waals surface area contributed by atoms with Crippen molar-refractivity contribution in [3.8, 4) is 11.5 Å². The van der Waals surface area contributed by atoms with E-state index in [0.29, 0.717) is 12.2 Å². The van der Waals surface area contributed by atoms with Gasteiger partial charge in [-0.3, -0.25) is 0 Å². The van der Waals surface area contributed by atoms with Crippen LogP contribution in [-0.2, 0) is 9.47 Å². The molecule has 0 spiro atoms. The van der Waals surface area contributed by atoms with Gasteiger partial charge in [0.25, 0.3) is 0 Å². The summed E-state index contributed by atoms with van der Waals surface area (Å²) in [6.45, 7) is 7.46. The van der Waals surface area contributed by atoms with Crippen molar-refractivity contribution in [3.63, 3.8) is 0 Å². The Hall–Kier alpha value is -2.04. The molecule has 0 aliphatic heterocycles. The first-order chi connectivity index (χ1) is 16.7. The molecule has 0 unspecified atom stereocenters. The Bertz CT molecular complexity index is 763. The molecule has 1 saturated carbocycles. The quantitative estimate of drug-likeness (QED) is 0.240. The van der Waals surface area contributed by atoms with Crippen molar-refractivity contribution >= 4 is 0 Å². The lowest BCUT2D eigenvalue weighted by molar-refractivity contribution is -0.0329. The normalized spacial score (nSPS) is 18.1. The van der Waals surface area contributed by atoms with Gasteiger partial charge < -0.3 is 18.9 Å². The van der Waals surface area contributed by atoms with Gasteiger partial charge in [0.05, 0.1) is 25.4 Å². The standard InChI is InChI=1S/C30H44O4/c1-25-9-13-27(14-10-25)31-21-5-3-4-6-22-32-29-17-19-30(20-18-29)34-24-8-7-23-33-28-15-11-26(2)12-16-28/h9-16,29-30H,3-8,17-24H2,1-2H3. The SMILES string of the molecule is Cc1ccc(OCCCCCCOC2CCC(OCCCCOc3ccc(C)cc3)CC2)cc1. The molecule has 0 bridgehead atoms. The van der Waals surface area contributed by atoms with Crippen LogP contribution in [0.4, 0.5) is 0 Å². The number of hydrogen-bond donors (Lipinski definition) is 0. The third kappa shape index (κ3) is 10.9. The molecule has 0 heterocycles. The molecule has 0 N–H and O–H groups in total. The van der Waals surface area contributed by atoms with Gasteiger partial charge in [-0.15, -0.1) is 0 Å². The van der Waals surface area contributed by atoms with Crippen molar-refractivity contribution in [3.05, 3.63) is 59.7 Å². The first-order valence-corrected chi connectivity index (χ1v) is 13.3. The zero-order valence-corrected chi connectivity index (χ0v) is 21.3. The lowest BCUT2D eigenvalue weighted by atomic mass is 9.95. The van der Waals surface area contributed by atoms with Gasteiger partial charge in [-0.05, 0) is 95.9 Å². The van der Waals surface area contributed by atoms with E-state index in [9.17, 15) is 0 Å². The van der Waals surface area contributed by atoms with Crippen LogP contribution in [0.25, 0.3) is 0 Å². The van der Waals surface area contributed by atoms with E-state index in [1.807, 2.05) is 24.3 Å². The number of benzene rings is 2. The van der Waals surface area contributed by atoms with Crippen molar-refractivity contribution in [2.45, 2.75) is 90.3 Å². The fraction of sp³-hybridized carbons (Fsp3) is 0.600. The molecule has 188 valence electrons. The molecule has 4 heteroatoms. The molecular formula is C30H44O4. The first kappa shape index (κ1) is 26.6. The average molecular weight is 469 g/mol. The summed E-state index contributed by atoms with van der Waals surface area (Å²) in [4.78, 5) is 0. The molecule has 1 fully saturated rings. The van der Waals surface area contributed by atoms with E-state index < -0.39 is 0 Å². The molecule has 0 saturated heterocycles. The van der Waals surface area contributed by atoms with Gasteiger partial charge in [-0.2, -0.15) is 0 Å². The largest absolute Gasteiger partial charge is 0.494 e. The summed E-state index contributed by atoms with van der Waals surface area (Å²) in [7, 11) is 0. The lowest BCUT2D eigenvalue weighted by Crippen LogP contribution is -2.27. The van der Waals surface area contributed by atoms with Crippen LogP contribution in [0.3, 0.4) is 0 Å². The summed E-state index contributed by atoms with van der Waals surface area (Å²) in [5, 5.41) is 0. The summed E-state index contributed by atoms with van der Waals surface area (Å²) in [5.74, 6) is 1.93. The highest BCUT2D eigenvalue weighted by molar-refractivity contribution is 5.26. The second-order valence-electron chi connectivity index (χ2n) is 9.58. The van der Waals surface area contributed by atoms with Crippen molar-refractivity contribution in [2.24, 2.45) is 0 Å². The number of rotatable bonds is 16. The fourth-order valence-corrected chi connectivity index (χ4v) is 4.28. The Morgan fingerprint density at radius 3 is 1.29 bits per heavy atom. The van der Waals surface area contributed by atoms with Crippen LogP contribution in [-0.4, -0.2) is 38.6 Å². The van der Waals surface area contributed by atoms with Crippen molar-refractivity contribution in [1.82, 2.24) is 0 Å². The fourth-order valence-electron chi connectivity index (χ4n) is 4.28. The van der Waals surface area contributed by atoms with E-state index >= 15 is 0 Å². The van der Waals surface area contributed by atoms with E-state index in [-0.39, 0.29) is 0 Å². The Balaban J connectivity index is 1.09. The molecule has 4 nitrogen and oxygen atoms in total. The molecule has 1 aliphatic carbocycles. The maximum Gasteiger partial charge on any atom is 0.119 e. The second-order valence-corrected chi connectivity index (χ2v) is 9.58. The predicted molar refractivity (Wildman–Crippen MR) is 139 cm³/mol. The van der Waals surface area contributed by atoms with E-state index in [2.05, 4.69) is 38.1 Å². The number of unbranched alkanes of at least 4 members (excludes halogenated alkanes) is 4. The molecular weight excluding hydrogens is 424 g/mol. The average Bonchev–Trinajstić information content (AvgIpc) is 2.86. The monoisotopic (exact) mass is 468 g/mol. The van der Waals surface area contributed by atoms with E-state index in [1.54, 1.807) is 0 Å². The summed E-state index contributed by atoms with van der Waals surface area (Å²) in [5.41, 5.74) is 2.53. The minimum atomic E-state index is 0.409. The molecule has 2 aromatic rings. The Morgan fingerprint density at radius 2 is 0.853 bits per heavy atom. The maximum atomic E-state index is 6.12. The molecule has 3 rings (SSSR count). The third-order valence-corrected chi connectivity index (χ3v) is 6.49. The molecule has 34 heavy (non-hydrogen) atoms. The maximum absolute atomic E-state index is 6.12. The summed E-state index contributed by atoms with van der Waals surface area (Å²) in [6, 6.07) is 16.5. The van der Waals surface area contributed by atoms with Crippen molar-refractivity contribution in [1.29, 1.82) is 0 Å². The minimum Gasteiger partial charge on any atom is -0.494 e. The third-order valence-electron chi connectivity index (χ3n) is 6.49. The topological polar surface area (TPSA) is 36.9 Å². The Labute approximate surface area is 207 Å². The van der Waals surface area contributed by atoms with Gasteiger partial charge in [0.1, 0.15) is 11.5 Å². The minimum absolute atomic E-state index is 0.409. The van der Waals surface area contributed by atoms with E-state index in [4.69, 9.17) is 18.9 Å².